The van der Waals surface area contributed by atoms with E-state index in [0.29, 0.717) is 23.8 Å². The zero-order chi connectivity index (χ0) is 12.5. The average molecular weight is 252 g/mol. The van der Waals surface area contributed by atoms with Gasteiger partial charge in [-0.3, -0.25) is 9.69 Å². The van der Waals surface area contributed by atoms with Gasteiger partial charge in [0.25, 0.3) is 0 Å². The Kier molecular flexibility index (Phi) is 3.57. The zero-order valence-electron chi connectivity index (χ0n) is 11.3. The normalized spacial score (nSPS) is 36.9. The molecule has 0 aromatic carbocycles. The molecule has 0 spiro atoms. The Morgan fingerprint density at radius 2 is 2.00 bits per heavy atom. The molecule has 4 heteroatoms. The lowest BCUT2D eigenvalue weighted by Gasteiger charge is -2.35. The molecule has 3 rings (SSSR count). The highest BCUT2D eigenvalue weighted by Crippen LogP contribution is 2.39. The molecule has 0 N–H and O–H groups in total. The lowest BCUT2D eigenvalue weighted by atomic mass is 10.2. The summed E-state index contributed by atoms with van der Waals surface area (Å²) in [6.45, 7) is 8.03. The molecule has 3 aliphatic rings. The number of hydrogen-bond donors (Lipinski definition) is 0. The maximum atomic E-state index is 12.1. The minimum atomic E-state index is 0.342. The van der Waals surface area contributed by atoms with E-state index < -0.39 is 0 Å². The Labute approximate surface area is 109 Å². The maximum Gasteiger partial charge on any atom is 0.226 e. The van der Waals surface area contributed by atoms with Gasteiger partial charge in [-0.05, 0) is 25.2 Å². The average Bonchev–Trinajstić information content (AvgIpc) is 2.89. The predicted molar refractivity (Wildman–Crippen MR) is 69.3 cm³/mol. The monoisotopic (exact) mass is 252 g/mol. The number of amides is 1. The standard InChI is InChI=1S/C14H24N2O2/c1-11-9-13(11)14(17)16-6-4-15(5-7-16)10-12-3-2-8-18-12/h11-13H,2-10H2,1H3/t11-,12+,13-/m1/s1. The van der Waals surface area contributed by atoms with Crippen LogP contribution < -0.4 is 0 Å². The SMILES string of the molecule is C[C@@H]1C[C@H]1C(=O)N1CCN(C[C@@H]2CCCO2)CC1. The van der Waals surface area contributed by atoms with E-state index in [9.17, 15) is 4.79 Å². The third-order valence-corrected chi connectivity index (χ3v) is 4.60. The van der Waals surface area contributed by atoms with Crippen molar-refractivity contribution in [3.8, 4) is 0 Å². The minimum absolute atomic E-state index is 0.342. The molecular formula is C14H24N2O2. The number of ether oxygens (including phenoxy) is 1. The summed E-state index contributed by atoms with van der Waals surface area (Å²) in [5.41, 5.74) is 0. The van der Waals surface area contributed by atoms with Gasteiger partial charge in [-0.25, -0.2) is 0 Å². The molecule has 4 nitrogen and oxygen atoms in total. The molecule has 18 heavy (non-hydrogen) atoms. The molecule has 0 unspecified atom stereocenters. The van der Waals surface area contributed by atoms with Crippen LogP contribution in [-0.4, -0.2) is 61.1 Å². The van der Waals surface area contributed by atoms with E-state index in [1.807, 2.05) is 0 Å². The number of carbonyl (C=O) groups is 1. The molecule has 1 saturated carbocycles. The van der Waals surface area contributed by atoms with Crippen LogP contribution in [0.5, 0.6) is 0 Å². The second-order valence-electron chi connectivity index (χ2n) is 6.08. The van der Waals surface area contributed by atoms with Crippen LogP contribution in [0.4, 0.5) is 0 Å². The van der Waals surface area contributed by atoms with Crippen LogP contribution in [0.15, 0.2) is 0 Å². The second kappa shape index (κ2) is 5.17. The fourth-order valence-electron chi connectivity index (χ4n) is 3.13. The van der Waals surface area contributed by atoms with Crippen molar-refractivity contribution in [2.24, 2.45) is 11.8 Å². The molecule has 3 fully saturated rings. The molecule has 1 aliphatic carbocycles. The number of carbonyl (C=O) groups excluding carboxylic acids is 1. The summed E-state index contributed by atoms with van der Waals surface area (Å²) in [4.78, 5) is 16.6. The first-order valence-corrected chi connectivity index (χ1v) is 7.37. The summed E-state index contributed by atoms with van der Waals surface area (Å²) in [6, 6.07) is 0. The van der Waals surface area contributed by atoms with E-state index in [1.165, 1.54) is 12.8 Å². The van der Waals surface area contributed by atoms with Crippen molar-refractivity contribution in [1.82, 2.24) is 9.80 Å². The molecule has 0 aromatic rings. The second-order valence-corrected chi connectivity index (χ2v) is 6.08. The van der Waals surface area contributed by atoms with Crippen LogP contribution >= 0.6 is 0 Å². The smallest absolute Gasteiger partial charge is 0.226 e. The van der Waals surface area contributed by atoms with Crippen molar-refractivity contribution < 1.29 is 9.53 Å². The van der Waals surface area contributed by atoms with Gasteiger partial charge in [0.15, 0.2) is 0 Å². The van der Waals surface area contributed by atoms with Crippen LogP contribution in [0.25, 0.3) is 0 Å². The molecule has 0 radical (unpaired) electrons. The summed E-state index contributed by atoms with van der Waals surface area (Å²) >= 11 is 0. The summed E-state index contributed by atoms with van der Waals surface area (Å²) in [7, 11) is 0. The number of rotatable bonds is 3. The molecule has 2 saturated heterocycles. The van der Waals surface area contributed by atoms with Crippen LogP contribution in [0.3, 0.4) is 0 Å². The van der Waals surface area contributed by atoms with Gasteiger partial charge in [0.2, 0.25) is 5.91 Å². The maximum absolute atomic E-state index is 12.1. The topological polar surface area (TPSA) is 32.8 Å². The van der Waals surface area contributed by atoms with Gasteiger partial charge in [0, 0.05) is 45.2 Å². The zero-order valence-corrected chi connectivity index (χ0v) is 11.3. The summed E-state index contributed by atoms with van der Waals surface area (Å²) in [5, 5.41) is 0. The summed E-state index contributed by atoms with van der Waals surface area (Å²) < 4.78 is 5.67. The number of nitrogens with zero attached hydrogens (tertiary/aromatic N) is 2. The van der Waals surface area contributed by atoms with Gasteiger partial charge in [-0.2, -0.15) is 0 Å². The summed E-state index contributed by atoms with van der Waals surface area (Å²) in [5.74, 6) is 1.37. The number of piperazine rings is 1. The van der Waals surface area contributed by atoms with Gasteiger partial charge in [-0.1, -0.05) is 6.92 Å². The Morgan fingerprint density at radius 1 is 1.28 bits per heavy atom. The van der Waals surface area contributed by atoms with E-state index in [4.69, 9.17) is 4.74 Å². The molecule has 3 atom stereocenters. The lowest BCUT2D eigenvalue weighted by Crippen LogP contribution is -2.50. The number of hydrogen-bond acceptors (Lipinski definition) is 3. The Balaban J connectivity index is 1.41. The highest BCUT2D eigenvalue weighted by molar-refractivity contribution is 5.81. The van der Waals surface area contributed by atoms with Crippen molar-refractivity contribution in [3.63, 3.8) is 0 Å². The van der Waals surface area contributed by atoms with E-state index in [0.717, 1.165) is 45.8 Å². The van der Waals surface area contributed by atoms with Crippen LogP contribution in [0, 0.1) is 11.8 Å². The molecule has 0 aromatic heterocycles. The molecule has 0 bridgehead atoms. The first kappa shape index (κ1) is 12.4. The minimum Gasteiger partial charge on any atom is -0.377 e. The third-order valence-electron chi connectivity index (χ3n) is 4.60. The highest BCUT2D eigenvalue weighted by atomic mass is 16.5. The fraction of sp³-hybridized carbons (Fsp3) is 0.929. The highest BCUT2D eigenvalue weighted by Gasteiger charge is 2.42. The van der Waals surface area contributed by atoms with Gasteiger partial charge in [0.1, 0.15) is 0 Å². The van der Waals surface area contributed by atoms with Crippen molar-refractivity contribution >= 4 is 5.91 Å². The van der Waals surface area contributed by atoms with Gasteiger partial charge < -0.3 is 9.64 Å². The predicted octanol–water partition coefficient (Wildman–Crippen LogP) is 0.966. The van der Waals surface area contributed by atoms with E-state index >= 15 is 0 Å². The first-order chi connectivity index (χ1) is 8.74. The summed E-state index contributed by atoms with van der Waals surface area (Å²) in [6.07, 6.45) is 3.96. The molecule has 1 amide bonds. The Morgan fingerprint density at radius 3 is 2.56 bits per heavy atom. The van der Waals surface area contributed by atoms with Crippen LogP contribution in [0.2, 0.25) is 0 Å². The first-order valence-electron chi connectivity index (χ1n) is 7.37. The van der Waals surface area contributed by atoms with Crippen molar-refractivity contribution in [1.29, 1.82) is 0 Å². The molecular weight excluding hydrogens is 228 g/mol. The van der Waals surface area contributed by atoms with Crippen molar-refractivity contribution in [2.75, 3.05) is 39.3 Å². The van der Waals surface area contributed by atoms with Crippen molar-refractivity contribution in [3.05, 3.63) is 0 Å². The molecule has 102 valence electrons. The lowest BCUT2D eigenvalue weighted by molar-refractivity contribution is -0.134. The van der Waals surface area contributed by atoms with E-state index in [1.54, 1.807) is 0 Å². The quantitative estimate of drug-likeness (QED) is 0.750. The van der Waals surface area contributed by atoms with Crippen LogP contribution in [0.1, 0.15) is 26.2 Å². The Bertz CT molecular complexity index is 307. The molecule has 2 heterocycles. The largest absolute Gasteiger partial charge is 0.377 e. The van der Waals surface area contributed by atoms with Gasteiger partial charge in [0.05, 0.1) is 6.10 Å². The fourth-order valence-corrected chi connectivity index (χ4v) is 3.13. The Hall–Kier alpha value is -0.610. The van der Waals surface area contributed by atoms with E-state index in [2.05, 4.69) is 16.7 Å². The van der Waals surface area contributed by atoms with Gasteiger partial charge in [-0.15, -0.1) is 0 Å². The van der Waals surface area contributed by atoms with E-state index in [-0.39, 0.29) is 0 Å². The third kappa shape index (κ3) is 2.69. The molecule has 2 aliphatic heterocycles. The van der Waals surface area contributed by atoms with Crippen LogP contribution in [-0.2, 0) is 9.53 Å². The van der Waals surface area contributed by atoms with Crippen molar-refractivity contribution in [2.45, 2.75) is 32.3 Å². The van der Waals surface area contributed by atoms with Gasteiger partial charge >= 0.3 is 0 Å².